The molecule has 16 heavy (non-hydrogen) atoms. The Morgan fingerprint density at radius 3 is 2.31 bits per heavy atom. The minimum atomic E-state index is -1.18. The van der Waals surface area contributed by atoms with Crippen LogP contribution in [0.5, 0.6) is 0 Å². The zero-order valence-corrected chi connectivity index (χ0v) is 9.27. The van der Waals surface area contributed by atoms with Gasteiger partial charge in [-0.25, -0.2) is 13.2 Å². The van der Waals surface area contributed by atoms with Crippen LogP contribution in [0.2, 0.25) is 0 Å². The van der Waals surface area contributed by atoms with Gasteiger partial charge in [0.2, 0.25) is 0 Å². The molecule has 1 aromatic rings. The van der Waals surface area contributed by atoms with Gasteiger partial charge < -0.3 is 5.73 Å². The third-order valence-corrected chi connectivity index (χ3v) is 2.56. The Bertz CT molecular complexity index is 352. The van der Waals surface area contributed by atoms with Crippen molar-refractivity contribution in [3.63, 3.8) is 0 Å². The summed E-state index contributed by atoms with van der Waals surface area (Å²) in [6, 6.07) is 0.827. The minimum Gasteiger partial charge on any atom is -0.324 e. The lowest BCUT2D eigenvalue weighted by molar-refractivity contribution is 0.478. The second kappa shape index (κ2) is 5.89. The van der Waals surface area contributed by atoms with Crippen LogP contribution >= 0.6 is 0 Å². The molecule has 1 nitrogen and oxygen atoms in total. The predicted molar refractivity (Wildman–Crippen MR) is 57.4 cm³/mol. The van der Waals surface area contributed by atoms with Gasteiger partial charge in [-0.1, -0.05) is 26.2 Å². The van der Waals surface area contributed by atoms with Crippen LogP contribution < -0.4 is 5.73 Å². The highest BCUT2D eigenvalue weighted by molar-refractivity contribution is 5.23. The summed E-state index contributed by atoms with van der Waals surface area (Å²) < 4.78 is 38.9. The maximum Gasteiger partial charge on any atom is 0.161 e. The molecule has 1 rings (SSSR count). The van der Waals surface area contributed by atoms with Crippen molar-refractivity contribution in [3.8, 4) is 0 Å². The quantitative estimate of drug-likeness (QED) is 0.607. The molecule has 1 atom stereocenters. The monoisotopic (exact) mass is 231 g/mol. The van der Waals surface area contributed by atoms with E-state index < -0.39 is 23.5 Å². The van der Waals surface area contributed by atoms with Crippen LogP contribution in [0.4, 0.5) is 13.2 Å². The average molecular weight is 231 g/mol. The Kier molecular flexibility index (Phi) is 4.80. The zero-order chi connectivity index (χ0) is 12.1. The zero-order valence-electron chi connectivity index (χ0n) is 9.27. The molecule has 4 heteroatoms. The van der Waals surface area contributed by atoms with Gasteiger partial charge in [-0.2, -0.15) is 0 Å². The summed E-state index contributed by atoms with van der Waals surface area (Å²) in [6.07, 6.45) is 3.47. The molecule has 0 radical (unpaired) electrons. The maximum atomic E-state index is 13.3. The molecular formula is C12H16F3N. The Balaban J connectivity index is 2.75. The van der Waals surface area contributed by atoms with Crippen molar-refractivity contribution in [2.75, 3.05) is 0 Å². The molecule has 0 heterocycles. The molecule has 2 N–H and O–H groups in total. The van der Waals surface area contributed by atoms with Crippen molar-refractivity contribution < 1.29 is 13.2 Å². The minimum absolute atomic E-state index is 0.0509. The first-order valence-electron chi connectivity index (χ1n) is 5.46. The molecular weight excluding hydrogens is 215 g/mol. The summed E-state index contributed by atoms with van der Waals surface area (Å²) in [5, 5.41) is 0. The lowest BCUT2D eigenvalue weighted by Gasteiger charge is -2.13. The highest BCUT2D eigenvalue weighted by Crippen LogP contribution is 2.22. The van der Waals surface area contributed by atoms with E-state index in [1.807, 2.05) is 6.92 Å². The number of halogens is 3. The predicted octanol–water partition coefficient (Wildman–Crippen LogP) is 3.68. The fourth-order valence-electron chi connectivity index (χ4n) is 1.59. The van der Waals surface area contributed by atoms with Crippen molar-refractivity contribution in [1.29, 1.82) is 0 Å². The van der Waals surface area contributed by atoms with Crippen LogP contribution in [0, 0.1) is 17.5 Å². The number of unbranched alkanes of at least 4 members (excludes halogenated alkanes) is 2. The molecule has 0 aliphatic heterocycles. The molecule has 0 unspecified atom stereocenters. The normalized spacial score (nSPS) is 12.8. The van der Waals surface area contributed by atoms with Crippen LogP contribution in [-0.4, -0.2) is 0 Å². The van der Waals surface area contributed by atoms with Crippen LogP contribution in [0.3, 0.4) is 0 Å². The van der Waals surface area contributed by atoms with E-state index in [0.717, 1.165) is 25.3 Å². The van der Waals surface area contributed by atoms with E-state index >= 15 is 0 Å². The van der Waals surface area contributed by atoms with E-state index in [9.17, 15) is 13.2 Å². The van der Waals surface area contributed by atoms with Crippen molar-refractivity contribution >= 4 is 0 Å². The van der Waals surface area contributed by atoms with Crippen LogP contribution in [0.25, 0.3) is 0 Å². The average Bonchev–Trinajstić information content (AvgIpc) is 2.23. The van der Waals surface area contributed by atoms with Gasteiger partial charge in [0.15, 0.2) is 11.6 Å². The summed E-state index contributed by atoms with van der Waals surface area (Å²) in [7, 11) is 0. The highest BCUT2D eigenvalue weighted by Gasteiger charge is 2.15. The molecule has 0 aliphatic rings. The van der Waals surface area contributed by atoms with Crippen molar-refractivity contribution in [2.45, 2.75) is 38.6 Å². The fourth-order valence-corrected chi connectivity index (χ4v) is 1.59. The fraction of sp³-hybridized carbons (Fsp3) is 0.500. The molecule has 0 amide bonds. The molecule has 1 aromatic carbocycles. The second-order valence-electron chi connectivity index (χ2n) is 3.89. The third kappa shape index (κ3) is 3.23. The molecule has 0 spiro atoms. The van der Waals surface area contributed by atoms with Crippen LogP contribution in [0.15, 0.2) is 12.1 Å². The molecule has 0 aliphatic carbocycles. The third-order valence-electron chi connectivity index (χ3n) is 2.56. The SMILES string of the molecule is CCCCC[C@@H](N)c1cc(F)c(F)cc1F. The van der Waals surface area contributed by atoms with Gasteiger partial charge in [0.05, 0.1) is 0 Å². The number of hydrogen-bond donors (Lipinski definition) is 1. The van der Waals surface area contributed by atoms with E-state index in [4.69, 9.17) is 5.73 Å². The Labute approximate surface area is 93.5 Å². The topological polar surface area (TPSA) is 26.0 Å². The Hall–Kier alpha value is -1.03. The van der Waals surface area contributed by atoms with Crippen molar-refractivity contribution in [2.24, 2.45) is 5.73 Å². The van der Waals surface area contributed by atoms with Gasteiger partial charge in [-0.05, 0) is 12.5 Å². The van der Waals surface area contributed by atoms with Gasteiger partial charge in [-0.3, -0.25) is 0 Å². The van der Waals surface area contributed by atoms with Gasteiger partial charge in [0.25, 0.3) is 0 Å². The number of hydrogen-bond acceptors (Lipinski definition) is 1. The summed E-state index contributed by atoms with van der Waals surface area (Å²) in [4.78, 5) is 0. The van der Waals surface area contributed by atoms with E-state index in [1.54, 1.807) is 0 Å². The first kappa shape index (κ1) is 13.0. The summed E-state index contributed by atoms with van der Waals surface area (Å²) in [5.41, 5.74) is 5.78. The molecule has 0 fully saturated rings. The first-order chi connectivity index (χ1) is 7.56. The number of rotatable bonds is 5. The maximum absolute atomic E-state index is 13.3. The Morgan fingerprint density at radius 1 is 1.06 bits per heavy atom. The lowest BCUT2D eigenvalue weighted by Crippen LogP contribution is -2.13. The number of benzene rings is 1. The van der Waals surface area contributed by atoms with Crippen LogP contribution in [0.1, 0.15) is 44.2 Å². The lowest BCUT2D eigenvalue weighted by atomic mass is 10.0. The van der Waals surface area contributed by atoms with E-state index in [-0.39, 0.29) is 5.56 Å². The molecule has 0 saturated heterocycles. The molecule has 0 aromatic heterocycles. The smallest absolute Gasteiger partial charge is 0.161 e. The summed E-state index contributed by atoms with van der Waals surface area (Å²) >= 11 is 0. The highest BCUT2D eigenvalue weighted by atomic mass is 19.2. The molecule has 0 bridgehead atoms. The number of nitrogens with two attached hydrogens (primary N) is 1. The largest absolute Gasteiger partial charge is 0.324 e. The van der Waals surface area contributed by atoms with E-state index in [2.05, 4.69) is 0 Å². The van der Waals surface area contributed by atoms with E-state index in [0.29, 0.717) is 12.5 Å². The van der Waals surface area contributed by atoms with Gasteiger partial charge >= 0.3 is 0 Å². The first-order valence-corrected chi connectivity index (χ1v) is 5.46. The van der Waals surface area contributed by atoms with Gasteiger partial charge in [-0.15, -0.1) is 0 Å². The Morgan fingerprint density at radius 2 is 1.69 bits per heavy atom. The van der Waals surface area contributed by atoms with Gasteiger partial charge in [0.1, 0.15) is 5.82 Å². The second-order valence-corrected chi connectivity index (χ2v) is 3.89. The molecule has 90 valence electrons. The standard InChI is InChI=1S/C12H16F3N/c1-2-3-4-5-12(16)8-6-10(14)11(15)7-9(8)13/h6-7,12H,2-5,16H2,1H3/t12-/m1/s1. The molecule has 0 saturated carbocycles. The van der Waals surface area contributed by atoms with E-state index in [1.165, 1.54) is 0 Å². The van der Waals surface area contributed by atoms with Crippen molar-refractivity contribution in [3.05, 3.63) is 35.1 Å². The van der Waals surface area contributed by atoms with Crippen LogP contribution in [-0.2, 0) is 0 Å². The summed E-state index contributed by atoms with van der Waals surface area (Å²) in [6.45, 7) is 2.05. The summed E-state index contributed by atoms with van der Waals surface area (Å²) in [5.74, 6) is -3.01. The van der Waals surface area contributed by atoms with Gasteiger partial charge in [0, 0.05) is 17.7 Å². The van der Waals surface area contributed by atoms with Crippen molar-refractivity contribution in [1.82, 2.24) is 0 Å².